The Labute approximate surface area is 648 Å². The van der Waals surface area contributed by atoms with Gasteiger partial charge in [0.05, 0.1) is 314 Å². The summed E-state index contributed by atoms with van der Waals surface area (Å²) < 4.78 is 121. The molecule has 38 heteroatoms. The van der Waals surface area contributed by atoms with Crippen LogP contribution in [0.15, 0.2) is 12.4 Å². The highest BCUT2D eigenvalue weighted by atomic mass is 32.2. The van der Waals surface area contributed by atoms with E-state index in [-0.39, 0.29) is 55.4 Å². The number of carbonyl (C=O) groups excluding carboxylic acids is 4. The van der Waals surface area contributed by atoms with E-state index >= 15 is 0 Å². The number of amides is 5. The molecule has 632 valence electrons. The van der Waals surface area contributed by atoms with Crippen molar-refractivity contribution < 1.29 is 119 Å². The van der Waals surface area contributed by atoms with Gasteiger partial charge in [-0.15, -0.1) is 10.2 Å². The number of hydrogen-bond donors (Lipinski definition) is 5. The zero-order valence-corrected chi connectivity index (χ0v) is 66.0. The number of aryl methyl sites for hydroxylation is 1. The Kier molecular flexibility index (Phi) is 64.3. The second-order valence-electron chi connectivity index (χ2n) is 24.7. The van der Waals surface area contributed by atoms with Crippen LogP contribution in [-0.2, 0) is 133 Å². The largest absolute Gasteiger partial charge is 0.379 e. The van der Waals surface area contributed by atoms with Crippen molar-refractivity contribution in [2.24, 2.45) is 0 Å². The molecule has 3 atom stereocenters. The summed E-state index contributed by atoms with van der Waals surface area (Å²) in [4.78, 5) is 49.6. The zero-order chi connectivity index (χ0) is 77.3. The van der Waals surface area contributed by atoms with Crippen LogP contribution in [-0.4, -0.2) is 392 Å². The lowest BCUT2D eigenvalue weighted by molar-refractivity contribution is -0.123. The standard InChI is InChI=1S/C71H132N12O25S/c1-63-60-82(79-77-63)15-23-94-31-40-100-38-30-93-22-14-81(13-21-92-29-37-97-34-26-89-18-9-67(84)72-2)12-5-6-17-88-25-33-96-39-32-95-24-16-83-61-64(78-80-83)59-74-69(86)10-19-90-27-35-98-41-43-101-45-47-103-49-51-105-53-55-107-57-58-108-56-54-106-52-50-104-48-46-102-44-42-99-36-28-91-20-11-73-68(85)8-4-3-7-66-70-65(62-109-66)75-71(87)76-70/h60-61,65-66,70H,3-59,62H2,1-2H3,(H,72,84)(H,73,85)(H,74,86)(H2,75,76,87). The Morgan fingerprint density at radius 1 is 0.413 bits per heavy atom. The van der Waals surface area contributed by atoms with Crippen LogP contribution in [0.25, 0.3) is 0 Å². The van der Waals surface area contributed by atoms with Crippen molar-refractivity contribution >= 4 is 35.5 Å². The van der Waals surface area contributed by atoms with E-state index in [2.05, 4.69) is 52.1 Å². The summed E-state index contributed by atoms with van der Waals surface area (Å²) in [5, 5.41) is 31.0. The van der Waals surface area contributed by atoms with Gasteiger partial charge in [0.1, 0.15) is 5.69 Å². The van der Waals surface area contributed by atoms with Gasteiger partial charge in [-0.05, 0) is 39.2 Å². The second kappa shape index (κ2) is 72.4. The fourth-order valence-electron chi connectivity index (χ4n) is 10.1. The first-order valence-corrected chi connectivity index (χ1v) is 39.9. The number of urea groups is 1. The lowest BCUT2D eigenvalue weighted by Gasteiger charge is -2.22. The maximum absolute atomic E-state index is 12.4. The van der Waals surface area contributed by atoms with Crippen LogP contribution in [0.2, 0.25) is 0 Å². The van der Waals surface area contributed by atoms with Crippen molar-refractivity contribution in [1.82, 2.24) is 61.5 Å². The molecule has 0 bridgehead atoms. The van der Waals surface area contributed by atoms with E-state index in [4.69, 9.17) is 99.5 Å². The predicted molar refractivity (Wildman–Crippen MR) is 400 cm³/mol. The van der Waals surface area contributed by atoms with E-state index in [0.717, 1.165) is 63.2 Å². The smallest absolute Gasteiger partial charge is 0.315 e. The number of carbonyl (C=O) groups is 4. The zero-order valence-electron chi connectivity index (χ0n) is 65.1. The molecule has 2 aliphatic heterocycles. The Morgan fingerprint density at radius 2 is 0.789 bits per heavy atom. The van der Waals surface area contributed by atoms with Crippen molar-refractivity contribution in [3.8, 4) is 0 Å². The molecular weight excluding hydrogens is 1450 g/mol. The summed E-state index contributed by atoms with van der Waals surface area (Å²) in [6, 6.07) is 0.375. The lowest BCUT2D eigenvalue weighted by Crippen LogP contribution is -2.36. The molecule has 0 saturated carbocycles. The van der Waals surface area contributed by atoms with Crippen LogP contribution >= 0.6 is 11.8 Å². The summed E-state index contributed by atoms with van der Waals surface area (Å²) in [5.41, 5.74) is 1.52. The molecule has 4 heterocycles. The van der Waals surface area contributed by atoms with E-state index < -0.39 is 0 Å². The highest BCUT2D eigenvalue weighted by Gasteiger charge is 2.42. The molecule has 2 aromatic heterocycles. The summed E-state index contributed by atoms with van der Waals surface area (Å²) >= 11 is 1.90. The Morgan fingerprint density at radius 3 is 1.22 bits per heavy atom. The molecule has 0 spiro atoms. The lowest BCUT2D eigenvalue weighted by atomic mass is 10.0. The third-order valence-electron chi connectivity index (χ3n) is 16.0. The molecular formula is C71H132N12O25S. The van der Waals surface area contributed by atoms with Gasteiger partial charge >= 0.3 is 6.03 Å². The molecule has 0 aromatic carbocycles. The van der Waals surface area contributed by atoms with Crippen molar-refractivity contribution in [3.63, 3.8) is 0 Å². The van der Waals surface area contributed by atoms with Gasteiger partial charge in [0, 0.05) is 69.8 Å². The number of thioether (sulfide) groups is 1. The van der Waals surface area contributed by atoms with Crippen LogP contribution in [0, 0.1) is 6.92 Å². The number of hydrogen-bond acceptors (Lipinski definition) is 31. The summed E-state index contributed by atoms with van der Waals surface area (Å²) in [5.74, 6) is 0.782. The highest BCUT2D eigenvalue weighted by Crippen LogP contribution is 2.33. The van der Waals surface area contributed by atoms with E-state index in [1.165, 1.54) is 0 Å². The Bertz CT molecular complexity index is 2430. The molecule has 2 saturated heterocycles. The van der Waals surface area contributed by atoms with Gasteiger partial charge in [-0.25, -0.2) is 14.2 Å². The molecule has 109 heavy (non-hydrogen) atoms. The number of nitrogens with one attached hydrogen (secondary N) is 5. The molecule has 0 radical (unpaired) electrons. The molecule has 0 aliphatic carbocycles. The first-order valence-electron chi connectivity index (χ1n) is 38.8. The van der Waals surface area contributed by atoms with Crippen molar-refractivity contribution in [2.75, 3.05) is 316 Å². The average Bonchev–Trinajstić information content (AvgIpc) is 1.67. The summed E-state index contributed by atoms with van der Waals surface area (Å²) in [6.45, 7) is 25.6. The normalized spacial score (nSPS) is 14.8. The maximum Gasteiger partial charge on any atom is 0.315 e. The summed E-state index contributed by atoms with van der Waals surface area (Å²) in [7, 11) is 1.60. The SMILES string of the molecule is CNC(=O)CCOCCOCCOCCN(CCCCOCCOCCOCCn1cc(CNC(=O)CCOCCOCCOCCOCCOCCOCCOCCOCCOCCOCCOCCOCCNC(=O)CCCCC2SCC3NC(=O)NC32)nn1)CCOCCOCCOCCn1cc(C)nn1. The van der Waals surface area contributed by atoms with Crippen LogP contribution in [0.1, 0.15) is 62.8 Å². The number of ether oxygens (including phenoxy) is 21. The van der Waals surface area contributed by atoms with E-state index in [0.29, 0.717) is 314 Å². The van der Waals surface area contributed by atoms with Gasteiger partial charge in [0.2, 0.25) is 17.7 Å². The maximum atomic E-state index is 12.4. The minimum Gasteiger partial charge on any atom is -0.379 e. The first kappa shape index (κ1) is 96.8. The fourth-order valence-corrected chi connectivity index (χ4v) is 11.7. The minimum atomic E-state index is -0.151. The topological polar surface area (TPSA) is 387 Å². The molecule has 5 N–H and O–H groups in total. The number of rotatable bonds is 84. The van der Waals surface area contributed by atoms with Crippen molar-refractivity contribution in [2.45, 2.75) is 95.3 Å². The Hall–Kier alpha value is -4.57. The molecule has 4 rings (SSSR count). The van der Waals surface area contributed by atoms with Crippen LogP contribution in [0.5, 0.6) is 0 Å². The van der Waals surface area contributed by atoms with Gasteiger partial charge in [0.25, 0.3) is 0 Å². The van der Waals surface area contributed by atoms with Gasteiger partial charge in [0.15, 0.2) is 0 Å². The van der Waals surface area contributed by atoms with E-state index in [1.807, 2.05) is 24.9 Å². The molecule has 3 unspecified atom stereocenters. The third-order valence-corrected chi connectivity index (χ3v) is 17.5. The predicted octanol–water partition coefficient (Wildman–Crippen LogP) is 0.293. The van der Waals surface area contributed by atoms with Gasteiger partial charge in [-0.2, -0.15) is 11.8 Å². The number of aromatic nitrogens is 6. The molecule has 2 aromatic rings. The molecule has 2 aliphatic rings. The third kappa shape index (κ3) is 58.9. The van der Waals surface area contributed by atoms with Gasteiger partial charge in [-0.3, -0.25) is 19.3 Å². The summed E-state index contributed by atoms with van der Waals surface area (Å²) in [6.07, 6.45) is 9.36. The van der Waals surface area contributed by atoms with Gasteiger partial charge < -0.3 is 126 Å². The molecule has 5 amide bonds. The second-order valence-corrected chi connectivity index (χ2v) is 25.9. The number of fused-ring (bicyclic) bond motifs is 1. The average molecular weight is 1590 g/mol. The highest BCUT2D eigenvalue weighted by molar-refractivity contribution is 8.00. The molecule has 37 nitrogen and oxygen atoms in total. The molecule has 2 fully saturated rings. The number of nitrogens with zero attached hydrogens (tertiary/aromatic N) is 7. The number of unbranched alkanes of at least 4 members (excludes halogenated alkanes) is 2. The van der Waals surface area contributed by atoms with E-state index in [1.54, 1.807) is 22.6 Å². The van der Waals surface area contributed by atoms with Crippen LogP contribution in [0.3, 0.4) is 0 Å². The fraction of sp³-hybridized carbons (Fsp3) is 0.887. The van der Waals surface area contributed by atoms with Crippen molar-refractivity contribution in [3.05, 3.63) is 23.8 Å². The minimum absolute atomic E-state index is 0.0334. The van der Waals surface area contributed by atoms with Crippen LogP contribution in [0.4, 0.5) is 4.79 Å². The quantitative estimate of drug-likeness (QED) is 0.0439. The van der Waals surface area contributed by atoms with Gasteiger partial charge in [-0.1, -0.05) is 16.8 Å². The first-order chi connectivity index (χ1) is 53.8. The van der Waals surface area contributed by atoms with Crippen LogP contribution < -0.4 is 26.6 Å². The Balaban J connectivity index is 0.786. The monoisotopic (exact) mass is 1580 g/mol. The van der Waals surface area contributed by atoms with E-state index in [9.17, 15) is 19.2 Å². The van der Waals surface area contributed by atoms with Crippen molar-refractivity contribution in [1.29, 1.82) is 0 Å².